The Balaban J connectivity index is 1.23. The molecule has 0 aliphatic carbocycles. The summed E-state index contributed by atoms with van der Waals surface area (Å²) in [6, 6.07) is 6.46. The minimum atomic E-state index is -0.786. The maximum Gasteiger partial charge on any atom is 0.0652 e. The van der Waals surface area contributed by atoms with E-state index < -0.39 is 131 Å². The zero-order chi connectivity index (χ0) is 56.6. The van der Waals surface area contributed by atoms with E-state index in [1.54, 1.807) is 18.2 Å². The van der Waals surface area contributed by atoms with Gasteiger partial charge in [0, 0.05) is 42.7 Å². The molecule has 0 fully saturated rings. The van der Waals surface area contributed by atoms with Crippen LogP contribution in [0.15, 0.2) is 206 Å². The van der Waals surface area contributed by atoms with E-state index >= 15 is 0 Å². The number of hydrogen-bond acceptors (Lipinski definition) is 1. The fourth-order valence-corrected chi connectivity index (χ4v) is 8.72. The first-order valence-electron chi connectivity index (χ1n) is 28.7. The first-order valence-corrected chi connectivity index (χ1v) is 18.5. The number of para-hydroxylation sites is 2. The average molecular weight is 765 g/mol. The first kappa shape index (κ1) is 17.3. The van der Waals surface area contributed by atoms with Gasteiger partial charge in [-0.2, -0.15) is 0 Å². The number of aromatic nitrogens is 2. The van der Waals surface area contributed by atoms with Gasteiger partial charge in [0.15, 0.2) is 0 Å². The van der Waals surface area contributed by atoms with Gasteiger partial charge in [-0.05, 0) is 87.8 Å². The normalized spacial score (nSPS) is 17.3. The molecule has 3 heterocycles. The van der Waals surface area contributed by atoms with E-state index in [4.69, 9.17) is 17.8 Å². The van der Waals surface area contributed by atoms with Crippen LogP contribution in [0.5, 0.6) is 0 Å². The number of thiophene rings is 1. The summed E-state index contributed by atoms with van der Waals surface area (Å²) in [6.45, 7) is 0. The highest BCUT2D eigenvalue weighted by Gasteiger charge is 2.19. The van der Waals surface area contributed by atoms with Crippen molar-refractivity contribution in [1.82, 2.24) is 9.13 Å². The molecule has 0 radical (unpaired) electrons. The summed E-state index contributed by atoms with van der Waals surface area (Å²) in [5.41, 5.74) is -0.807. The van der Waals surface area contributed by atoms with Crippen LogP contribution in [-0.2, 0) is 0 Å². The third-order valence-electron chi connectivity index (χ3n) is 10.1. The van der Waals surface area contributed by atoms with Crippen molar-refractivity contribution in [2.45, 2.75) is 0 Å². The molecule has 0 N–H and O–H groups in total. The standard InChI is InChI=1S/C54H34N2S/c1-3-14-35(15-4-1)37-18-11-19-40(32-37)55-47-24-9-7-20-42(47)44-30-28-39(34-51(44)55)38-29-31-49-46(33-38)43-21-8-10-25-48(43)56(49)50-26-12-23-45-53-41(36-16-5-2-6-17-36)22-13-27-52(53)57-54(45)50/h1-34H/i2D,5D,6D,7D,8D,10D,12D,13D,16D,17D,20D,21D,22D,24D,26D,27D,28D,29D,30D,31D,33D,34D. The van der Waals surface area contributed by atoms with E-state index in [0.717, 1.165) is 29.0 Å². The predicted molar refractivity (Wildman–Crippen MR) is 244 cm³/mol. The van der Waals surface area contributed by atoms with Crippen LogP contribution in [-0.4, -0.2) is 9.13 Å². The van der Waals surface area contributed by atoms with Crippen molar-refractivity contribution in [3.63, 3.8) is 0 Å². The highest BCUT2D eigenvalue weighted by Crippen LogP contribution is 2.45. The van der Waals surface area contributed by atoms with Gasteiger partial charge in [-0.15, -0.1) is 11.3 Å². The lowest BCUT2D eigenvalue weighted by molar-refractivity contribution is 1.18. The molecule has 12 aromatic rings. The third-order valence-corrected chi connectivity index (χ3v) is 11.2. The molecular formula is C54H34N2S. The highest BCUT2D eigenvalue weighted by molar-refractivity contribution is 7.26. The van der Waals surface area contributed by atoms with Crippen molar-refractivity contribution in [3.05, 3.63) is 206 Å². The van der Waals surface area contributed by atoms with E-state index in [1.807, 2.05) is 36.4 Å². The molecule has 0 saturated carbocycles. The van der Waals surface area contributed by atoms with Crippen LogP contribution in [0.25, 0.3) is 109 Å². The van der Waals surface area contributed by atoms with E-state index in [9.17, 15) is 12.3 Å². The van der Waals surface area contributed by atoms with Crippen LogP contribution >= 0.6 is 11.3 Å². The number of rotatable bonds is 5. The van der Waals surface area contributed by atoms with Crippen LogP contribution in [0.1, 0.15) is 30.2 Å². The number of hydrogen-bond donors (Lipinski definition) is 0. The lowest BCUT2D eigenvalue weighted by Gasteiger charge is -2.12. The van der Waals surface area contributed by atoms with Gasteiger partial charge in [0.1, 0.15) is 0 Å². The van der Waals surface area contributed by atoms with Crippen molar-refractivity contribution in [3.8, 4) is 44.8 Å². The first-order chi connectivity index (χ1) is 37.4. The summed E-state index contributed by atoms with van der Waals surface area (Å²) in [5.74, 6) is 0. The molecule has 12 rings (SSSR count). The molecule has 0 spiro atoms. The van der Waals surface area contributed by atoms with Crippen molar-refractivity contribution >= 4 is 75.1 Å². The Hall–Kier alpha value is -7.20. The zero-order valence-corrected chi connectivity index (χ0v) is 30.0. The van der Waals surface area contributed by atoms with Crippen molar-refractivity contribution < 1.29 is 30.2 Å². The summed E-state index contributed by atoms with van der Waals surface area (Å²) < 4.78 is 204. The van der Waals surface area contributed by atoms with E-state index in [2.05, 4.69) is 0 Å². The molecular weight excluding hydrogens is 709 g/mol. The van der Waals surface area contributed by atoms with Crippen LogP contribution in [0.3, 0.4) is 0 Å². The van der Waals surface area contributed by atoms with Crippen molar-refractivity contribution in [1.29, 1.82) is 0 Å². The smallest absolute Gasteiger partial charge is 0.0652 e. The van der Waals surface area contributed by atoms with Gasteiger partial charge >= 0.3 is 0 Å². The van der Waals surface area contributed by atoms with Crippen LogP contribution in [0, 0.1) is 0 Å². The minimum Gasteiger partial charge on any atom is -0.309 e. The second-order valence-electron chi connectivity index (χ2n) is 13.2. The monoisotopic (exact) mass is 764 g/mol. The van der Waals surface area contributed by atoms with Gasteiger partial charge in [-0.25, -0.2) is 0 Å². The van der Waals surface area contributed by atoms with Crippen LogP contribution in [0.2, 0.25) is 0 Å². The Labute approximate surface area is 364 Å². The maximum absolute atomic E-state index is 10.1. The van der Waals surface area contributed by atoms with Crippen molar-refractivity contribution in [2.24, 2.45) is 0 Å². The van der Waals surface area contributed by atoms with Gasteiger partial charge in [-0.1, -0.05) is 151 Å². The lowest BCUT2D eigenvalue weighted by Crippen LogP contribution is -1.95. The summed E-state index contributed by atoms with van der Waals surface area (Å²) in [5, 5.41) is -0.828. The Morgan fingerprint density at radius 3 is 2.12 bits per heavy atom. The fraction of sp³-hybridized carbons (Fsp3) is 0. The van der Waals surface area contributed by atoms with Crippen LogP contribution < -0.4 is 0 Å². The number of fused-ring (bicyclic) bond motifs is 9. The van der Waals surface area contributed by atoms with Gasteiger partial charge in [0.25, 0.3) is 0 Å². The molecule has 0 atom stereocenters. The lowest BCUT2D eigenvalue weighted by atomic mass is 9.99. The van der Waals surface area contributed by atoms with Crippen molar-refractivity contribution in [2.75, 3.05) is 0 Å². The molecule has 0 bridgehead atoms. The minimum absolute atomic E-state index is 0.00680. The average Bonchev–Trinajstić information content (AvgIpc) is 2.78. The molecule has 57 heavy (non-hydrogen) atoms. The molecule has 2 nitrogen and oxygen atoms in total. The van der Waals surface area contributed by atoms with Gasteiger partial charge in [0.05, 0.1) is 62.6 Å². The molecule has 3 heteroatoms. The molecule has 9 aromatic carbocycles. The van der Waals surface area contributed by atoms with Gasteiger partial charge in [0.2, 0.25) is 0 Å². The maximum atomic E-state index is 10.1. The predicted octanol–water partition coefficient (Wildman–Crippen LogP) is 15.2. The van der Waals surface area contributed by atoms with Gasteiger partial charge < -0.3 is 9.13 Å². The fourth-order valence-electron chi connectivity index (χ4n) is 7.59. The zero-order valence-electron chi connectivity index (χ0n) is 51.2. The second kappa shape index (κ2) is 12.7. The Kier molecular flexibility index (Phi) is 3.85. The Bertz CT molecular complexity index is 4780. The summed E-state index contributed by atoms with van der Waals surface area (Å²) >= 11 is 0.779. The largest absolute Gasteiger partial charge is 0.309 e. The summed E-state index contributed by atoms with van der Waals surface area (Å²) in [4.78, 5) is 0. The molecule has 0 aliphatic rings. The molecule has 0 saturated heterocycles. The molecule has 3 aromatic heterocycles. The van der Waals surface area contributed by atoms with Crippen LogP contribution in [0.4, 0.5) is 0 Å². The van der Waals surface area contributed by atoms with Gasteiger partial charge in [-0.3, -0.25) is 0 Å². The molecule has 266 valence electrons. The van der Waals surface area contributed by atoms with E-state index in [0.29, 0.717) is 11.3 Å². The Morgan fingerprint density at radius 2 is 1.19 bits per heavy atom. The number of nitrogens with zero attached hydrogens (tertiary/aromatic N) is 2. The molecule has 0 unspecified atom stereocenters. The van der Waals surface area contributed by atoms with E-state index in [1.165, 1.54) is 15.2 Å². The SMILES string of the molecule is [2H]c1cc2c(sc3c([2H])c([2H])c([2H])c(-c4c([2H])c([2H])c([2H])c([2H])c4[2H])c32)c(-n2c3cc([2H])c([2H])c([2H])c3c3c([2H])c(-c4c([2H])c([2H])c5c6c([2H])c([2H])cc([2H])c6n(-c6cccc(-c7ccccc7)c6)c5c4[2H])c([2H])c([2H])c32)c1[2H]. The number of benzene rings is 9. The summed E-state index contributed by atoms with van der Waals surface area (Å²) in [6.07, 6.45) is 0. The van der Waals surface area contributed by atoms with E-state index in [-0.39, 0.29) is 93.2 Å². The quantitative estimate of drug-likeness (QED) is 0.165. The molecule has 0 amide bonds. The highest BCUT2D eigenvalue weighted by atomic mass is 32.1. The Morgan fingerprint density at radius 1 is 0.404 bits per heavy atom. The second-order valence-corrected chi connectivity index (χ2v) is 14.2. The topological polar surface area (TPSA) is 9.86 Å². The molecule has 0 aliphatic heterocycles. The summed E-state index contributed by atoms with van der Waals surface area (Å²) in [7, 11) is 0. The third kappa shape index (κ3) is 4.96.